The fourth-order valence-electron chi connectivity index (χ4n) is 1.85. The molecule has 0 radical (unpaired) electrons. The molecular formula is C14H12ClN5O2. The van der Waals surface area contributed by atoms with E-state index in [9.17, 15) is 4.79 Å². The third-order valence-electron chi connectivity index (χ3n) is 3.10. The molecule has 1 amide bonds. The van der Waals surface area contributed by atoms with Gasteiger partial charge >= 0.3 is 6.01 Å². The van der Waals surface area contributed by atoms with Crippen LogP contribution in [0.25, 0.3) is 11.5 Å². The van der Waals surface area contributed by atoms with Crippen LogP contribution < -0.4 is 5.32 Å². The van der Waals surface area contributed by atoms with E-state index < -0.39 is 5.91 Å². The molecular weight excluding hydrogens is 306 g/mol. The molecule has 0 saturated carbocycles. The van der Waals surface area contributed by atoms with Crippen molar-refractivity contribution in [2.24, 2.45) is 7.05 Å². The van der Waals surface area contributed by atoms with Crippen LogP contribution >= 0.6 is 11.6 Å². The van der Waals surface area contributed by atoms with Crippen LogP contribution in [0.4, 0.5) is 6.01 Å². The van der Waals surface area contributed by atoms with Gasteiger partial charge in [-0.2, -0.15) is 5.10 Å². The van der Waals surface area contributed by atoms with Gasteiger partial charge in [-0.1, -0.05) is 28.8 Å². The van der Waals surface area contributed by atoms with Gasteiger partial charge in [0.15, 0.2) is 5.69 Å². The van der Waals surface area contributed by atoms with Gasteiger partial charge in [-0.15, -0.1) is 5.10 Å². The van der Waals surface area contributed by atoms with Gasteiger partial charge in [0.1, 0.15) is 0 Å². The van der Waals surface area contributed by atoms with Crippen LogP contribution in [0.1, 0.15) is 16.2 Å². The van der Waals surface area contributed by atoms with Gasteiger partial charge in [-0.25, -0.2) is 0 Å². The van der Waals surface area contributed by atoms with E-state index in [2.05, 4.69) is 20.6 Å². The highest BCUT2D eigenvalue weighted by molar-refractivity contribution is 6.33. The molecule has 0 aliphatic rings. The van der Waals surface area contributed by atoms with Gasteiger partial charge in [0.25, 0.3) is 11.8 Å². The van der Waals surface area contributed by atoms with Crippen molar-refractivity contribution in [1.82, 2.24) is 20.0 Å². The highest BCUT2D eigenvalue weighted by Crippen LogP contribution is 2.27. The lowest BCUT2D eigenvalue weighted by Gasteiger charge is -1.98. The van der Waals surface area contributed by atoms with Crippen LogP contribution in [0.5, 0.6) is 0 Å². The molecule has 112 valence electrons. The van der Waals surface area contributed by atoms with Crippen molar-refractivity contribution in [3.05, 3.63) is 46.7 Å². The van der Waals surface area contributed by atoms with Crippen molar-refractivity contribution < 1.29 is 9.21 Å². The zero-order valence-corrected chi connectivity index (χ0v) is 12.6. The van der Waals surface area contributed by atoms with E-state index in [0.717, 1.165) is 5.69 Å². The predicted octanol–water partition coefficient (Wildman–Crippen LogP) is 2.68. The van der Waals surface area contributed by atoms with Crippen LogP contribution in [0.15, 0.2) is 34.7 Å². The Morgan fingerprint density at radius 1 is 1.32 bits per heavy atom. The molecule has 0 fully saturated rings. The lowest BCUT2D eigenvalue weighted by Crippen LogP contribution is -2.13. The molecule has 22 heavy (non-hydrogen) atoms. The van der Waals surface area contributed by atoms with Crippen LogP contribution in [0.3, 0.4) is 0 Å². The lowest BCUT2D eigenvalue weighted by atomic mass is 10.2. The third-order valence-corrected chi connectivity index (χ3v) is 3.43. The average Bonchev–Trinajstić information content (AvgIpc) is 3.07. The van der Waals surface area contributed by atoms with Crippen LogP contribution in [0, 0.1) is 6.92 Å². The maximum absolute atomic E-state index is 12.1. The molecule has 3 rings (SSSR count). The summed E-state index contributed by atoms with van der Waals surface area (Å²) in [5, 5.41) is 14.7. The highest BCUT2D eigenvalue weighted by Gasteiger charge is 2.16. The standard InChI is InChI=1S/C14H12ClN5O2/c1-8-7-11(19-20(8)2)12(21)16-14-18-17-13(22-14)9-5-3-4-6-10(9)15/h3-7H,1-2H3,(H,16,18,21). The topological polar surface area (TPSA) is 85.8 Å². The largest absolute Gasteiger partial charge is 0.403 e. The van der Waals surface area contributed by atoms with Crippen molar-refractivity contribution in [2.45, 2.75) is 6.92 Å². The molecule has 0 saturated heterocycles. The first-order chi connectivity index (χ1) is 10.5. The molecule has 8 heteroatoms. The summed E-state index contributed by atoms with van der Waals surface area (Å²) >= 11 is 6.06. The van der Waals surface area contributed by atoms with Crippen molar-refractivity contribution in [1.29, 1.82) is 0 Å². The van der Waals surface area contributed by atoms with E-state index in [-0.39, 0.29) is 17.6 Å². The molecule has 0 spiro atoms. The van der Waals surface area contributed by atoms with Crippen molar-refractivity contribution in [3.8, 4) is 11.5 Å². The lowest BCUT2D eigenvalue weighted by molar-refractivity contribution is 0.101. The Balaban J connectivity index is 1.80. The number of carbonyl (C=O) groups excluding carboxylic acids is 1. The number of hydrogen-bond acceptors (Lipinski definition) is 5. The number of anilines is 1. The van der Waals surface area contributed by atoms with Gasteiger partial charge in [0.2, 0.25) is 0 Å². The first-order valence-electron chi connectivity index (χ1n) is 6.45. The number of aryl methyl sites for hydroxylation is 2. The minimum absolute atomic E-state index is 0.0109. The van der Waals surface area contributed by atoms with E-state index in [1.807, 2.05) is 6.92 Å². The molecule has 1 aromatic carbocycles. The maximum Gasteiger partial charge on any atom is 0.322 e. The predicted molar refractivity (Wildman–Crippen MR) is 80.6 cm³/mol. The van der Waals surface area contributed by atoms with Crippen LogP contribution in [-0.2, 0) is 7.05 Å². The first-order valence-corrected chi connectivity index (χ1v) is 6.83. The minimum Gasteiger partial charge on any atom is -0.403 e. The summed E-state index contributed by atoms with van der Waals surface area (Å²) in [6, 6.07) is 8.73. The maximum atomic E-state index is 12.1. The highest BCUT2D eigenvalue weighted by atomic mass is 35.5. The number of amides is 1. The van der Waals surface area contributed by atoms with Crippen molar-refractivity contribution in [3.63, 3.8) is 0 Å². The Labute approximate surface area is 130 Å². The quantitative estimate of drug-likeness (QED) is 0.802. The number of nitrogens with zero attached hydrogens (tertiary/aromatic N) is 4. The average molecular weight is 318 g/mol. The minimum atomic E-state index is -0.418. The molecule has 0 bridgehead atoms. The molecule has 0 aliphatic carbocycles. The Bertz CT molecular complexity index is 820. The second-order valence-corrected chi connectivity index (χ2v) is 5.05. The number of carbonyl (C=O) groups is 1. The summed E-state index contributed by atoms with van der Waals surface area (Å²) in [6.07, 6.45) is 0. The second-order valence-electron chi connectivity index (χ2n) is 4.64. The van der Waals surface area contributed by atoms with Gasteiger partial charge in [-0.3, -0.25) is 14.8 Å². The Morgan fingerprint density at radius 2 is 2.09 bits per heavy atom. The molecule has 2 heterocycles. The number of nitrogens with one attached hydrogen (secondary N) is 1. The fourth-order valence-corrected chi connectivity index (χ4v) is 2.07. The van der Waals surface area contributed by atoms with Gasteiger partial charge in [-0.05, 0) is 25.1 Å². The van der Waals surface area contributed by atoms with E-state index in [0.29, 0.717) is 10.6 Å². The van der Waals surface area contributed by atoms with E-state index in [1.165, 1.54) is 0 Å². The summed E-state index contributed by atoms with van der Waals surface area (Å²) in [4.78, 5) is 12.1. The number of aromatic nitrogens is 4. The number of hydrogen-bond donors (Lipinski definition) is 1. The van der Waals surface area contributed by atoms with Crippen molar-refractivity contribution >= 4 is 23.5 Å². The van der Waals surface area contributed by atoms with E-state index in [1.54, 1.807) is 42.1 Å². The smallest absolute Gasteiger partial charge is 0.322 e. The molecule has 0 aliphatic heterocycles. The molecule has 0 unspecified atom stereocenters. The number of rotatable bonds is 3. The van der Waals surface area contributed by atoms with Gasteiger partial charge in [0.05, 0.1) is 10.6 Å². The molecule has 1 N–H and O–H groups in total. The number of halogens is 1. The zero-order valence-electron chi connectivity index (χ0n) is 11.9. The Hall–Kier alpha value is -2.67. The molecule has 0 atom stereocenters. The van der Waals surface area contributed by atoms with Gasteiger partial charge in [0, 0.05) is 12.7 Å². The summed E-state index contributed by atoms with van der Waals surface area (Å²) in [5.74, 6) is -0.184. The summed E-state index contributed by atoms with van der Waals surface area (Å²) in [6.45, 7) is 1.85. The third kappa shape index (κ3) is 2.71. The monoisotopic (exact) mass is 317 g/mol. The second kappa shape index (κ2) is 5.61. The van der Waals surface area contributed by atoms with E-state index in [4.69, 9.17) is 16.0 Å². The summed E-state index contributed by atoms with van der Waals surface area (Å²) < 4.78 is 7.02. The molecule has 7 nitrogen and oxygen atoms in total. The van der Waals surface area contributed by atoms with Gasteiger partial charge < -0.3 is 4.42 Å². The van der Waals surface area contributed by atoms with Crippen LogP contribution in [0.2, 0.25) is 5.02 Å². The van der Waals surface area contributed by atoms with E-state index >= 15 is 0 Å². The summed E-state index contributed by atoms with van der Waals surface area (Å²) in [7, 11) is 1.76. The van der Waals surface area contributed by atoms with Crippen LogP contribution in [-0.4, -0.2) is 25.9 Å². The Kier molecular flexibility index (Phi) is 3.64. The normalized spacial score (nSPS) is 10.7. The van der Waals surface area contributed by atoms with Crippen molar-refractivity contribution in [2.75, 3.05) is 5.32 Å². The zero-order chi connectivity index (χ0) is 15.7. The molecule has 3 aromatic rings. The summed E-state index contributed by atoms with van der Waals surface area (Å²) in [5.41, 5.74) is 1.75. The Morgan fingerprint density at radius 3 is 2.77 bits per heavy atom. The number of benzene rings is 1. The molecule has 2 aromatic heterocycles. The first kappa shape index (κ1) is 14.3. The fraction of sp³-hybridized carbons (Fsp3) is 0.143. The SMILES string of the molecule is Cc1cc(C(=O)Nc2nnc(-c3ccccc3Cl)o2)nn1C.